The normalized spacial score (nSPS) is 20.9. The summed E-state index contributed by atoms with van der Waals surface area (Å²) >= 11 is 0. The molecule has 2 aliphatic heterocycles. The van der Waals surface area contributed by atoms with E-state index in [1.54, 1.807) is 0 Å². The van der Waals surface area contributed by atoms with Gasteiger partial charge in [0.1, 0.15) is 17.2 Å². The molecule has 0 bridgehead atoms. The van der Waals surface area contributed by atoms with Crippen molar-refractivity contribution < 1.29 is 4.74 Å². The molecular formula is C25H36N6O. The SMILES string of the molecule is CCN1CCN(c2cc(CNC(=NC)NC3CC(C)(C)Oc4ccccc43)ccn2)CC1. The highest BCUT2D eigenvalue weighted by atomic mass is 16.5. The van der Waals surface area contributed by atoms with Crippen LogP contribution >= 0.6 is 0 Å². The van der Waals surface area contributed by atoms with Crippen molar-refractivity contribution in [3.8, 4) is 5.75 Å². The number of nitrogens with zero attached hydrogens (tertiary/aromatic N) is 4. The van der Waals surface area contributed by atoms with E-state index in [1.165, 1.54) is 11.1 Å². The molecule has 0 spiro atoms. The van der Waals surface area contributed by atoms with Crippen LogP contribution in [0.15, 0.2) is 47.6 Å². The minimum absolute atomic E-state index is 0.143. The molecule has 1 aromatic heterocycles. The standard InChI is InChI=1S/C25H36N6O/c1-5-30-12-14-31(15-13-30)23-16-19(10-11-27-23)18-28-24(26-4)29-21-17-25(2,3)32-22-9-7-6-8-20(21)22/h6-11,16,21H,5,12-15,17-18H2,1-4H3,(H2,26,28,29). The molecule has 7 heteroatoms. The summed E-state index contributed by atoms with van der Waals surface area (Å²) in [5.74, 6) is 2.79. The van der Waals surface area contributed by atoms with Gasteiger partial charge in [0, 0.05) is 58.0 Å². The molecule has 0 radical (unpaired) electrons. The third kappa shape index (κ3) is 5.33. The molecule has 1 unspecified atom stereocenters. The number of aliphatic imine (C=N–C) groups is 1. The second kappa shape index (κ2) is 9.77. The van der Waals surface area contributed by atoms with Gasteiger partial charge in [-0.05, 0) is 44.2 Å². The van der Waals surface area contributed by atoms with Crippen molar-refractivity contribution in [2.45, 2.75) is 45.4 Å². The first kappa shape index (κ1) is 22.4. The van der Waals surface area contributed by atoms with Crippen LogP contribution in [0.5, 0.6) is 5.75 Å². The van der Waals surface area contributed by atoms with Gasteiger partial charge in [0.25, 0.3) is 0 Å². The van der Waals surface area contributed by atoms with Crippen molar-refractivity contribution in [2.75, 3.05) is 44.7 Å². The zero-order valence-electron chi connectivity index (χ0n) is 19.8. The zero-order valence-corrected chi connectivity index (χ0v) is 19.8. The first-order chi connectivity index (χ1) is 15.5. The van der Waals surface area contributed by atoms with Crippen molar-refractivity contribution in [1.82, 2.24) is 20.5 Å². The monoisotopic (exact) mass is 436 g/mol. The fraction of sp³-hybridized carbons (Fsp3) is 0.520. The van der Waals surface area contributed by atoms with Gasteiger partial charge in [-0.3, -0.25) is 4.99 Å². The summed E-state index contributed by atoms with van der Waals surface area (Å²) in [6, 6.07) is 12.7. The van der Waals surface area contributed by atoms with Gasteiger partial charge in [-0.25, -0.2) is 4.98 Å². The number of guanidine groups is 1. The lowest BCUT2D eigenvalue weighted by Crippen LogP contribution is -2.46. The van der Waals surface area contributed by atoms with Gasteiger partial charge in [0.15, 0.2) is 5.96 Å². The van der Waals surface area contributed by atoms with Crippen molar-refractivity contribution in [3.05, 3.63) is 53.7 Å². The van der Waals surface area contributed by atoms with Crippen LogP contribution in [0.1, 0.15) is 44.4 Å². The van der Waals surface area contributed by atoms with E-state index in [4.69, 9.17) is 4.74 Å². The number of benzene rings is 1. The average molecular weight is 437 g/mol. The van der Waals surface area contributed by atoms with E-state index in [0.717, 1.165) is 56.7 Å². The Hall–Kier alpha value is -2.80. The Kier molecular flexibility index (Phi) is 6.84. The van der Waals surface area contributed by atoms with Crippen molar-refractivity contribution in [3.63, 3.8) is 0 Å². The number of hydrogen-bond donors (Lipinski definition) is 2. The Morgan fingerprint density at radius 3 is 2.72 bits per heavy atom. The highest BCUT2D eigenvalue weighted by molar-refractivity contribution is 5.80. The van der Waals surface area contributed by atoms with Gasteiger partial charge >= 0.3 is 0 Å². The first-order valence-electron chi connectivity index (χ1n) is 11.6. The second-order valence-corrected chi connectivity index (χ2v) is 9.17. The minimum atomic E-state index is -0.229. The highest BCUT2D eigenvalue weighted by Gasteiger charge is 2.34. The molecule has 1 atom stereocenters. The van der Waals surface area contributed by atoms with Crippen molar-refractivity contribution >= 4 is 11.8 Å². The quantitative estimate of drug-likeness (QED) is 0.554. The summed E-state index contributed by atoms with van der Waals surface area (Å²) in [6.07, 6.45) is 2.78. The fourth-order valence-electron chi connectivity index (χ4n) is 4.51. The molecule has 2 aliphatic rings. The molecule has 172 valence electrons. The highest BCUT2D eigenvalue weighted by Crippen LogP contribution is 2.39. The van der Waals surface area contributed by atoms with Crippen LogP contribution in [0.4, 0.5) is 5.82 Å². The lowest BCUT2D eigenvalue weighted by atomic mass is 9.90. The topological polar surface area (TPSA) is 65.0 Å². The molecule has 1 aromatic carbocycles. The maximum atomic E-state index is 6.16. The van der Waals surface area contributed by atoms with E-state index in [9.17, 15) is 0 Å². The van der Waals surface area contributed by atoms with E-state index >= 15 is 0 Å². The lowest BCUT2D eigenvalue weighted by Gasteiger charge is -2.38. The van der Waals surface area contributed by atoms with Gasteiger partial charge in [-0.1, -0.05) is 25.1 Å². The Morgan fingerprint density at radius 1 is 1.19 bits per heavy atom. The summed E-state index contributed by atoms with van der Waals surface area (Å²) in [6.45, 7) is 12.5. The van der Waals surface area contributed by atoms with E-state index in [2.05, 4.69) is 75.4 Å². The summed E-state index contributed by atoms with van der Waals surface area (Å²) < 4.78 is 6.16. The molecule has 1 saturated heterocycles. The van der Waals surface area contributed by atoms with Crippen LogP contribution in [0.3, 0.4) is 0 Å². The first-order valence-corrected chi connectivity index (χ1v) is 11.6. The molecule has 0 aliphatic carbocycles. The predicted octanol–water partition coefficient (Wildman–Crippen LogP) is 3.19. The molecule has 1 fully saturated rings. The van der Waals surface area contributed by atoms with Crippen LogP contribution in [0.25, 0.3) is 0 Å². The average Bonchev–Trinajstić information content (AvgIpc) is 2.81. The number of pyridine rings is 1. The summed E-state index contributed by atoms with van der Waals surface area (Å²) in [7, 11) is 1.82. The maximum Gasteiger partial charge on any atom is 0.191 e. The lowest BCUT2D eigenvalue weighted by molar-refractivity contribution is 0.0694. The molecule has 7 nitrogen and oxygen atoms in total. The van der Waals surface area contributed by atoms with Crippen LogP contribution in [-0.2, 0) is 6.54 Å². The molecule has 2 aromatic rings. The molecule has 4 rings (SSSR count). The van der Waals surface area contributed by atoms with E-state index in [1.807, 2.05) is 25.4 Å². The minimum Gasteiger partial charge on any atom is -0.487 e. The van der Waals surface area contributed by atoms with Gasteiger partial charge in [-0.2, -0.15) is 0 Å². The number of rotatable bonds is 5. The second-order valence-electron chi connectivity index (χ2n) is 9.17. The molecule has 3 heterocycles. The van der Waals surface area contributed by atoms with Gasteiger partial charge in [0.2, 0.25) is 0 Å². The number of para-hydroxylation sites is 1. The summed E-state index contributed by atoms with van der Waals surface area (Å²) in [5.41, 5.74) is 2.14. The van der Waals surface area contributed by atoms with Crippen LogP contribution in [-0.4, -0.2) is 61.2 Å². The molecule has 0 saturated carbocycles. The fourth-order valence-corrected chi connectivity index (χ4v) is 4.51. The van der Waals surface area contributed by atoms with Crippen LogP contribution in [0, 0.1) is 0 Å². The summed E-state index contributed by atoms with van der Waals surface area (Å²) in [5, 5.41) is 7.09. The number of piperazine rings is 1. The number of likely N-dealkylation sites (N-methyl/N-ethyl adjacent to an activating group) is 1. The van der Waals surface area contributed by atoms with Gasteiger partial charge < -0.3 is 25.2 Å². The molecular weight excluding hydrogens is 400 g/mol. The van der Waals surface area contributed by atoms with E-state index < -0.39 is 0 Å². The molecule has 32 heavy (non-hydrogen) atoms. The zero-order chi connectivity index (χ0) is 22.6. The van der Waals surface area contributed by atoms with Gasteiger partial charge in [0.05, 0.1) is 6.04 Å². The Balaban J connectivity index is 1.38. The van der Waals surface area contributed by atoms with Gasteiger partial charge in [-0.15, -0.1) is 0 Å². The Labute approximate surface area is 191 Å². The summed E-state index contributed by atoms with van der Waals surface area (Å²) in [4.78, 5) is 13.9. The number of ether oxygens (including phenoxy) is 1. The molecule has 0 amide bonds. The van der Waals surface area contributed by atoms with Crippen LogP contribution in [0.2, 0.25) is 0 Å². The largest absolute Gasteiger partial charge is 0.487 e. The van der Waals surface area contributed by atoms with E-state index in [0.29, 0.717) is 6.54 Å². The third-order valence-electron chi connectivity index (χ3n) is 6.32. The Morgan fingerprint density at radius 2 is 1.97 bits per heavy atom. The predicted molar refractivity (Wildman–Crippen MR) is 130 cm³/mol. The number of anilines is 1. The van der Waals surface area contributed by atoms with Crippen molar-refractivity contribution in [1.29, 1.82) is 0 Å². The maximum absolute atomic E-state index is 6.16. The Bertz CT molecular complexity index is 936. The smallest absolute Gasteiger partial charge is 0.191 e. The number of nitrogens with one attached hydrogen (secondary N) is 2. The molecule has 2 N–H and O–H groups in total. The third-order valence-corrected chi connectivity index (χ3v) is 6.32. The van der Waals surface area contributed by atoms with E-state index in [-0.39, 0.29) is 11.6 Å². The number of aromatic nitrogens is 1. The van der Waals surface area contributed by atoms with Crippen molar-refractivity contribution in [2.24, 2.45) is 4.99 Å². The van der Waals surface area contributed by atoms with Crippen LogP contribution < -0.4 is 20.3 Å². The number of fused-ring (bicyclic) bond motifs is 1. The number of hydrogen-bond acceptors (Lipinski definition) is 5.